The molecule has 0 radical (unpaired) electrons. The van der Waals surface area contributed by atoms with Crippen LogP contribution in [-0.4, -0.2) is 48.4 Å². The molecule has 0 saturated heterocycles. The Labute approximate surface area is 167 Å². The maximum atomic E-state index is 13.0. The monoisotopic (exact) mass is 392 g/mol. The summed E-state index contributed by atoms with van der Waals surface area (Å²) in [5, 5.41) is 3.32. The predicted octanol–water partition coefficient (Wildman–Crippen LogP) is 4.75. The highest BCUT2D eigenvalue weighted by atomic mass is 35.5. The summed E-state index contributed by atoms with van der Waals surface area (Å²) < 4.78 is 1.26. The van der Waals surface area contributed by atoms with Crippen LogP contribution in [0.15, 0.2) is 42.3 Å². The third kappa shape index (κ3) is 4.48. The van der Waals surface area contributed by atoms with Gasteiger partial charge in [-0.2, -0.15) is 0 Å². The lowest BCUT2D eigenvalue weighted by Gasteiger charge is -2.42. The van der Waals surface area contributed by atoms with Gasteiger partial charge in [0.2, 0.25) is 5.91 Å². The number of nitrogens with zero attached hydrogens (tertiary/aromatic N) is 2. The van der Waals surface area contributed by atoms with Gasteiger partial charge in [-0.05, 0) is 48.4 Å². The highest BCUT2D eigenvalue weighted by molar-refractivity contribution is 7.17. The minimum absolute atomic E-state index is 0. The van der Waals surface area contributed by atoms with Crippen molar-refractivity contribution < 1.29 is 4.79 Å². The fraction of sp³-hybridized carbons (Fsp3) is 0.476. The molecular weight excluding hydrogens is 364 g/mol. The average Bonchev–Trinajstić information content (AvgIpc) is 3.11. The van der Waals surface area contributed by atoms with Gasteiger partial charge in [-0.25, -0.2) is 0 Å². The Kier molecular flexibility index (Phi) is 7.69. The summed E-state index contributed by atoms with van der Waals surface area (Å²) >= 11 is 1.73. The number of carbonyl (C=O) groups is 1. The molecule has 1 heterocycles. The average molecular weight is 393 g/mol. The lowest BCUT2D eigenvalue weighted by molar-refractivity contribution is -0.133. The van der Waals surface area contributed by atoms with Crippen LogP contribution in [0.5, 0.6) is 0 Å². The van der Waals surface area contributed by atoms with Crippen molar-refractivity contribution in [2.24, 2.45) is 0 Å². The maximum Gasteiger partial charge on any atom is 0.227 e. The molecule has 1 saturated carbocycles. The second-order valence-electron chi connectivity index (χ2n) is 7.08. The summed E-state index contributed by atoms with van der Waals surface area (Å²) in [6, 6.07) is 9.12. The SMILES string of the molecule is C=CCN(C)[C@@H]1CCCC[C@H]1N(C)C(=O)Cc1cccc2sccc12.Cl. The summed E-state index contributed by atoms with van der Waals surface area (Å²) in [6.45, 7) is 4.73. The molecule has 1 fully saturated rings. The minimum atomic E-state index is 0. The molecule has 1 amide bonds. The van der Waals surface area contributed by atoms with Gasteiger partial charge in [0.25, 0.3) is 0 Å². The largest absolute Gasteiger partial charge is 0.341 e. The van der Waals surface area contributed by atoms with Gasteiger partial charge in [0, 0.05) is 30.4 Å². The van der Waals surface area contributed by atoms with Crippen LogP contribution in [0.4, 0.5) is 0 Å². The van der Waals surface area contributed by atoms with E-state index >= 15 is 0 Å². The van der Waals surface area contributed by atoms with Gasteiger partial charge < -0.3 is 4.90 Å². The summed E-state index contributed by atoms with van der Waals surface area (Å²) in [5.74, 6) is 0.225. The van der Waals surface area contributed by atoms with Crippen LogP contribution < -0.4 is 0 Å². The number of halogens is 1. The van der Waals surface area contributed by atoms with Crippen molar-refractivity contribution in [3.63, 3.8) is 0 Å². The van der Waals surface area contributed by atoms with Gasteiger partial charge in [0.15, 0.2) is 0 Å². The van der Waals surface area contributed by atoms with Crippen molar-refractivity contribution >= 4 is 39.7 Å². The fourth-order valence-electron chi connectivity index (χ4n) is 4.08. The summed E-state index contributed by atoms with van der Waals surface area (Å²) in [5.41, 5.74) is 1.14. The number of likely N-dealkylation sites (N-methyl/N-ethyl adjacent to an activating group) is 2. The molecular formula is C21H29ClN2OS. The van der Waals surface area contributed by atoms with Crippen molar-refractivity contribution in [2.45, 2.75) is 44.2 Å². The van der Waals surface area contributed by atoms with E-state index in [1.165, 1.54) is 22.9 Å². The van der Waals surface area contributed by atoms with E-state index < -0.39 is 0 Å². The van der Waals surface area contributed by atoms with Crippen LogP contribution in [0.1, 0.15) is 31.2 Å². The maximum absolute atomic E-state index is 13.0. The Hall–Kier alpha value is -1.36. The Morgan fingerprint density at radius 1 is 1.23 bits per heavy atom. The smallest absolute Gasteiger partial charge is 0.227 e. The number of carbonyl (C=O) groups excluding carboxylic acids is 1. The first-order valence-electron chi connectivity index (χ1n) is 9.13. The normalized spacial score (nSPS) is 20.0. The van der Waals surface area contributed by atoms with Gasteiger partial charge in [-0.1, -0.05) is 31.1 Å². The van der Waals surface area contributed by atoms with E-state index in [4.69, 9.17) is 0 Å². The van der Waals surface area contributed by atoms with E-state index in [1.54, 1.807) is 11.3 Å². The van der Waals surface area contributed by atoms with Crippen molar-refractivity contribution in [3.8, 4) is 0 Å². The van der Waals surface area contributed by atoms with Crippen LogP contribution in [-0.2, 0) is 11.2 Å². The van der Waals surface area contributed by atoms with Crippen LogP contribution in [0.2, 0.25) is 0 Å². The molecule has 2 atom stereocenters. The summed E-state index contributed by atoms with van der Waals surface area (Å²) in [4.78, 5) is 17.3. The molecule has 142 valence electrons. The zero-order chi connectivity index (χ0) is 17.8. The Balaban J connectivity index is 0.00000243. The fourth-order valence-corrected chi connectivity index (χ4v) is 4.91. The molecule has 5 heteroatoms. The summed E-state index contributed by atoms with van der Waals surface area (Å²) in [6.07, 6.45) is 7.15. The minimum Gasteiger partial charge on any atom is -0.341 e. The topological polar surface area (TPSA) is 23.6 Å². The predicted molar refractivity (Wildman–Crippen MR) is 114 cm³/mol. The van der Waals surface area contributed by atoms with Crippen LogP contribution in [0, 0.1) is 0 Å². The first-order chi connectivity index (χ1) is 12.1. The number of rotatable bonds is 6. The van der Waals surface area contributed by atoms with E-state index in [0.29, 0.717) is 18.5 Å². The van der Waals surface area contributed by atoms with Gasteiger partial charge in [0.1, 0.15) is 0 Å². The third-order valence-corrected chi connectivity index (χ3v) is 6.38. The number of fused-ring (bicyclic) bond motifs is 1. The van der Waals surface area contributed by atoms with E-state index in [2.05, 4.69) is 48.2 Å². The van der Waals surface area contributed by atoms with Crippen LogP contribution >= 0.6 is 23.7 Å². The molecule has 2 aromatic rings. The van der Waals surface area contributed by atoms with E-state index in [9.17, 15) is 4.79 Å². The van der Waals surface area contributed by atoms with Crippen molar-refractivity contribution in [2.75, 3.05) is 20.6 Å². The lowest BCUT2D eigenvalue weighted by atomic mass is 9.88. The number of hydrogen-bond acceptors (Lipinski definition) is 3. The number of benzene rings is 1. The van der Waals surface area contributed by atoms with Crippen LogP contribution in [0.3, 0.4) is 0 Å². The standard InChI is InChI=1S/C21H28N2OS.ClH/c1-4-13-22(2)18-9-5-6-10-19(18)23(3)21(24)15-16-8-7-11-20-17(16)12-14-25-20;/h4,7-8,11-12,14,18-19H,1,5-6,9-10,13,15H2,2-3H3;1H/t18-,19-;/m1./s1. The quantitative estimate of drug-likeness (QED) is 0.662. The molecule has 3 nitrogen and oxygen atoms in total. The number of thiophene rings is 1. The molecule has 1 aliphatic carbocycles. The molecule has 0 N–H and O–H groups in total. The van der Waals surface area contributed by atoms with Crippen molar-refractivity contribution in [1.29, 1.82) is 0 Å². The third-order valence-electron chi connectivity index (χ3n) is 5.50. The van der Waals surface area contributed by atoms with Gasteiger partial charge >= 0.3 is 0 Å². The first-order valence-corrected chi connectivity index (χ1v) is 10.0. The van der Waals surface area contributed by atoms with Gasteiger partial charge in [-0.3, -0.25) is 9.69 Å². The Bertz CT molecular complexity index is 744. The molecule has 0 spiro atoms. The first kappa shape index (κ1) is 20.9. The molecule has 1 aromatic heterocycles. The molecule has 26 heavy (non-hydrogen) atoms. The molecule has 0 aliphatic heterocycles. The molecule has 0 bridgehead atoms. The zero-order valence-electron chi connectivity index (χ0n) is 15.7. The highest BCUT2D eigenvalue weighted by Crippen LogP contribution is 2.28. The zero-order valence-corrected chi connectivity index (χ0v) is 17.3. The molecule has 1 aliphatic rings. The number of amides is 1. The molecule has 1 aromatic carbocycles. The van der Waals surface area contributed by atoms with Gasteiger partial charge in [0.05, 0.1) is 6.42 Å². The molecule has 3 rings (SSSR count). The van der Waals surface area contributed by atoms with Crippen molar-refractivity contribution in [3.05, 3.63) is 47.9 Å². The van der Waals surface area contributed by atoms with Crippen LogP contribution in [0.25, 0.3) is 10.1 Å². The van der Waals surface area contributed by atoms with E-state index in [1.807, 2.05) is 18.0 Å². The number of hydrogen-bond donors (Lipinski definition) is 0. The second kappa shape index (κ2) is 9.54. The van der Waals surface area contributed by atoms with E-state index in [0.717, 1.165) is 24.9 Å². The Morgan fingerprint density at radius 3 is 2.69 bits per heavy atom. The highest BCUT2D eigenvalue weighted by Gasteiger charge is 2.32. The Morgan fingerprint density at radius 2 is 1.96 bits per heavy atom. The van der Waals surface area contributed by atoms with Gasteiger partial charge in [-0.15, -0.1) is 30.3 Å². The second-order valence-corrected chi connectivity index (χ2v) is 8.03. The van der Waals surface area contributed by atoms with E-state index in [-0.39, 0.29) is 18.3 Å². The summed E-state index contributed by atoms with van der Waals surface area (Å²) in [7, 11) is 4.13. The molecule has 0 unspecified atom stereocenters. The van der Waals surface area contributed by atoms with Crippen molar-refractivity contribution in [1.82, 2.24) is 9.80 Å². The lowest BCUT2D eigenvalue weighted by Crippen LogP contribution is -2.53.